The van der Waals surface area contributed by atoms with Crippen LogP contribution in [0.25, 0.3) is 0 Å². The molecule has 13 heavy (non-hydrogen) atoms. The van der Waals surface area contributed by atoms with Crippen LogP contribution in [0.4, 0.5) is 0 Å². The van der Waals surface area contributed by atoms with Crippen molar-refractivity contribution in [3.05, 3.63) is 34.3 Å². The topological polar surface area (TPSA) is 12.0 Å². The Morgan fingerprint density at radius 1 is 1.46 bits per heavy atom. The molecule has 2 rings (SSSR count). The van der Waals surface area contributed by atoms with Gasteiger partial charge in [0.1, 0.15) is 0 Å². The molecule has 0 aliphatic heterocycles. The van der Waals surface area contributed by atoms with E-state index in [2.05, 4.69) is 45.5 Å². The van der Waals surface area contributed by atoms with E-state index in [4.69, 9.17) is 0 Å². The van der Waals surface area contributed by atoms with Crippen molar-refractivity contribution in [3.63, 3.8) is 0 Å². The summed E-state index contributed by atoms with van der Waals surface area (Å²) in [6, 6.07) is 8.55. The molecular weight excluding hydrogens is 226 g/mol. The predicted molar refractivity (Wildman–Crippen MR) is 58.9 cm³/mol. The minimum atomic E-state index is 0.781. The summed E-state index contributed by atoms with van der Waals surface area (Å²) >= 11 is 3.60. The van der Waals surface area contributed by atoms with Crippen molar-refractivity contribution in [3.8, 4) is 0 Å². The van der Waals surface area contributed by atoms with Crippen LogP contribution in [0.5, 0.6) is 0 Å². The van der Waals surface area contributed by atoms with Gasteiger partial charge in [-0.2, -0.15) is 0 Å². The van der Waals surface area contributed by atoms with Gasteiger partial charge in [0.15, 0.2) is 0 Å². The Morgan fingerprint density at radius 2 is 2.23 bits per heavy atom. The first-order valence-electron chi connectivity index (χ1n) is 4.72. The van der Waals surface area contributed by atoms with Crippen molar-refractivity contribution in [2.75, 3.05) is 13.6 Å². The largest absolute Gasteiger partial charge is 0.319 e. The number of hydrogen-bond donors (Lipinski definition) is 1. The molecule has 2 heteroatoms. The SMILES string of the molecule is CNC[C@H]1C[C@@H]1c1ccccc1Br. The van der Waals surface area contributed by atoms with Crippen LogP contribution >= 0.6 is 15.9 Å². The molecule has 0 bridgehead atoms. The van der Waals surface area contributed by atoms with Crippen LogP contribution < -0.4 is 5.32 Å². The second kappa shape index (κ2) is 3.81. The third-order valence-corrected chi connectivity index (χ3v) is 3.42. The van der Waals surface area contributed by atoms with Crippen LogP contribution in [-0.2, 0) is 0 Å². The molecule has 1 aromatic carbocycles. The lowest BCUT2D eigenvalue weighted by molar-refractivity contribution is 0.697. The highest BCUT2D eigenvalue weighted by Crippen LogP contribution is 2.48. The minimum Gasteiger partial charge on any atom is -0.319 e. The summed E-state index contributed by atoms with van der Waals surface area (Å²) in [5.41, 5.74) is 1.47. The normalized spacial score (nSPS) is 26.0. The van der Waals surface area contributed by atoms with Crippen LogP contribution in [0, 0.1) is 5.92 Å². The zero-order chi connectivity index (χ0) is 9.26. The smallest absolute Gasteiger partial charge is 0.0210 e. The molecule has 0 aromatic heterocycles. The third kappa shape index (κ3) is 1.94. The van der Waals surface area contributed by atoms with Gasteiger partial charge in [-0.3, -0.25) is 0 Å². The van der Waals surface area contributed by atoms with Gasteiger partial charge in [-0.1, -0.05) is 34.1 Å². The first-order chi connectivity index (χ1) is 6.33. The molecule has 2 atom stereocenters. The predicted octanol–water partition coefficient (Wildman–Crippen LogP) is 2.77. The first kappa shape index (κ1) is 9.22. The number of rotatable bonds is 3. The third-order valence-electron chi connectivity index (χ3n) is 2.69. The number of halogens is 1. The first-order valence-corrected chi connectivity index (χ1v) is 5.51. The van der Waals surface area contributed by atoms with Crippen molar-refractivity contribution in [1.29, 1.82) is 0 Å². The summed E-state index contributed by atoms with van der Waals surface area (Å²) in [6.45, 7) is 1.14. The molecule has 1 nitrogen and oxygen atoms in total. The second-order valence-electron chi connectivity index (χ2n) is 3.68. The van der Waals surface area contributed by atoms with E-state index in [-0.39, 0.29) is 0 Å². The summed E-state index contributed by atoms with van der Waals surface area (Å²) in [5.74, 6) is 1.63. The molecule has 0 radical (unpaired) electrons. The second-order valence-corrected chi connectivity index (χ2v) is 4.54. The molecular formula is C11H14BrN. The highest BCUT2D eigenvalue weighted by molar-refractivity contribution is 9.10. The van der Waals surface area contributed by atoms with E-state index >= 15 is 0 Å². The van der Waals surface area contributed by atoms with Gasteiger partial charge in [0.2, 0.25) is 0 Å². The highest BCUT2D eigenvalue weighted by Gasteiger charge is 2.38. The Hall–Kier alpha value is -0.340. The summed E-state index contributed by atoms with van der Waals surface area (Å²) in [7, 11) is 2.02. The summed E-state index contributed by atoms with van der Waals surface area (Å²) in [5, 5.41) is 3.23. The van der Waals surface area contributed by atoms with Gasteiger partial charge in [-0.25, -0.2) is 0 Å². The van der Waals surface area contributed by atoms with E-state index in [1.807, 2.05) is 7.05 Å². The maximum Gasteiger partial charge on any atom is 0.0210 e. The average molecular weight is 240 g/mol. The molecule has 0 spiro atoms. The van der Waals surface area contributed by atoms with E-state index in [9.17, 15) is 0 Å². The highest BCUT2D eigenvalue weighted by atomic mass is 79.9. The van der Waals surface area contributed by atoms with Crippen LogP contribution in [0.3, 0.4) is 0 Å². The van der Waals surface area contributed by atoms with Crippen molar-refractivity contribution in [2.45, 2.75) is 12.3 Å². The lowest BCUT2D eigenvalue weighted by atomic mass is 10.1. The average Bonchev–Trinajstić information content (AvgIpc) is 2.86. The molecule has 1 aliphatic carbocycles. The van der Waals surface area contributed by atoms with Crippen molar-refractivity contribution < 1.29 is 0 Å². The maximum absolute atomic E-state index is 3.60. The van der Waals surface area contributed by atoms with Crippen LogP contribution in [-0.4, -0.2) is 13.6 Å². The molecule has 1 aromatic rings. The fourth-order valence-corrected chi connectivity index (χ4v) is 2.47. The van der Waals surface area contributed by atoms with Crippen molar-refractivity contribution in [2.24, 2.45) is 5.92 Å². The Balaban J connectivity index is 2.07. The summed E-state index contributed by atoms with van der Waals surface area (Å²) < 4.78 is 1.26. The summed E-state index contributed by atoms with van der Waals surface area (Å²) in [6.07, 6.45) is 1.34. The van der Waals surface area contributed by atoms with E-state index in [1.54, 1.807) is 0 Å². The quantitative estimate of drug-likeness (QED) is 0.856. The molecule has 1 fully saturated rings. The fraction of sp³-hybridized carbons (Fsp3) is 0.455. The lowest BCUT2D eigenvalue weighted by Gasteiger charge is -2.02. The zero-order valence-electron chi connectivity index (χ0n) is 7.76. The number of hydrogen-bond acceptors (Lipinski definition) is 1. The van der Waals surface area contributed by atoms with Crippen LogP contribution in [0.2, 0.25) is 0 Å². The Kier molecular flexibility index (Phi) is 2.70. The Labute approximate surface area is 87.7 Å². The minimum absolute atomic E-state index is 0.781. The van der Waals surface area contributed by atoms with Gasteiger partial charge in [-0.15, -0.1) is 0 Å². The van der Waals surface area contributed by atoms with Gasteiger partial charge in [0.25, 0.3) is 0 Å². The van der Waals surface area contributed by atoms with E-state index < -0.39 is 0 Å². The fourth-order valence-electron chi connectivity index (χ4n) is 1.89. The molecule has 0 saturated heterocycles. The van der Waals surface area contributed by atoms with Crippen molar-refractivity contribution >= 4 is 15.9 Å². The standard InChI is InChI=1S/C11H14BrN/c1-13-7-8-6-10(8)9-4-2-3-5-11(9)12/h2-5,8,10,13H,6-7H2,1H3/t8-,10+/m1/s1. The maximum atomic E-state index is 3.60. The monoisotopic (exact) mass is 239 g/mol. The summed E-state index contributed by atoms with van der Waals surface area (Å²) in [4.78, 5) is 0. The van der Waals surface area contributed by atoms with Crippen LogP contribution in [0.15, 0.2) is 28.7 Å². The van der Waals surface area contributed by atoms with Crippen LogP contribution in [0.1, 0.15) is 17.9 Å². The Morgan fingerprint density at radius 3 is 2.92 bits per heavy atom. The van der Waals surface area contributed by atoms with Gasteiger partial charge in [0, 0.05) is 4.47 Å². The molecule has 70 valence electrons. The molecule has 1 aliphatic rings. The van der Waals surface area contributed by atoms with Gasteiger partial charge < -0.3 is 5.32 Å². The molecule has 0 amide bonds. The number of nitrogens with one attached hydrogen (secondary N) is 1. The van der Waals surface area contributed by atoms with E-state index in [0.717, 1.165) is 18.4 Å². The Bertz CT molecular complexity index is 298. The lowest BCUT2D eigenvalue weighted by Crippen LogP contribution is -2.10. The molecule has 0 unspecified atom stereocenters. The van der Waals surface area contributed by atoms with Gasteiger partial charge >= 0.3 is 0 Å². The van der Waals surface area contributed by atoms with E-state index in [1.165, 1.54) is 16.5 Å². The zero-order valence-corrected chi connectivity index (χ0v) is 9.34. The van der Waals surface area contributed by atoms with Gasteiger partial charge in [-0.05, 0) is 43.5 Å². The van der Waals surface area contributed by atoms with E-state index in [0.29, 0.717) is 0 Å². The number of benzene rings is 1. The van der Waals surface area contributed by atoms with Gasteiger partial charge in [0.05, 0.1) is 0 Å². The molecule has 1 saturated carbocycles. The molecule has 0 heterocycles. The molecule has 1 N–H and O–H groups in total. The van der Waals surface area contributed by atoms with Crippen molar-refractivity contribution in [1.82, 2.24) is 5.32 Å².